The molecule has 1 amide bonds. The minimum absolute atomic E-state index is 0.130. The molecule has 0 aliphatic rings. The molecule has 0 fully saturated rings. The van der Waals surface area contributed by atoms with Gasteiger partial charge in [-0.15, -0.1) is 11.3 Å². The molecule has 0 aliphatic heterocycles. The summed E-state index contributed by atoms with van der Waals surface area (Å²) in [6.07, 6.45) is 0. The summed E-state index contributed by atoms with van der Waals surface area (Å²) in [5.74, 6) is -5.92. The second-order valence-corrected chi connectivity index (χ2v) is 9.69. The van der Waals surface area contributed by atoms with E-state index in [1.165, 1.54) is 0 Å². The second kappa shape index (κ2) is 11.2. The zero-order valence-corrected chi connectivity index (χ0v) is 19.8. The Bertz CT molecular complexity index is 1320. The van der Waals surface area contributed by atoms with E-state index in [2.05, 4.69) is 5.32 Å². The normalized spacial score (nSPS) is 11.2. The molecule has 1 N–H and O–H groups in total. The summed E-state index contributed by atoms with van der Waals surface area (Å²) in [6.45, 7) is 1.07. The van der Waals surface area contributed by atoms with E-state index in [1.54, 1.807) is 36.6 Å². The van der Waals surface area contributed by atoms with E-state index in [9.17, 15) is 31.6 Å². The number of carbonyl (C=O) groups excluding carboxylic acids is 3. The summed E-state index contributed by atoms with van der Waals surface area (Å²) in [5.41, 5.74) is 1.34. The lowest BCUT2D eigenvalue weighted by Crippen LogP contribution is -2.22. The van der Waals surface area contributed by atoms with Crippen molar-refractivity contribution in [3.05, 3.63) is 71.1 Å². The number of hydrogen-bond donors (Lipinski definition) is 1. The van der Waals surface area contributed by atoms with Crippen molar-refractivity contribution in [3.63, 3.8) is 0 Å². The molecule has 0 saturated carbocycles. The third kappa shape index (κ3) is 6.08. The van der Waals surface area contributed by atoms with E-state index >= 15 is 0 Å². The number of halogens is 2. The van der Waals surface area contributed by atoms with Gasteiger partial charge in [0.05, 0.1) is 17.1 Å². The first kappa shape index (κ1) is 26.0. The van der Waals surface area contributed by atoms with Crippen LogP contribution in [-0.2, 0) is 24.1 Å². The first-order valence-electron chi connectivity index (χ1n) is 10.1. The Morgan fingerprint density at radius 3 is 2.23 bits per heavy atom. The second-order valence-electron chi connectivity index (χ2n) is 6.89. The number of carbonyl (C=O) groups is 3. The molecule has 0 radical (unpaired) electrons. The molecular formula is C23H19F2NO7S2. The number of esters is 2. The molecule has 0 unspecified atom stereocenters. The summed E-state index contributed by atoms with van der Waals surface area (Å²) in [7, 11) is -4.80. The maximum absolute atomic E-state index is 12.6. The molecule has 0 spiro atoms. The largest absolute Gasteiger partial charge is 0.462 e. The van der Waals surface area contributed by atoms with Gasteiger partial charge in [0.1, 0.15) is 10.6 Å². The van der Waals surface area contributed by atoms with Crippen LogP contribution in [0.25, 0.3) is 11.1 Å². The van der Waals surface area contributed by atoms with E-state index < -0.39 is 44.9 Å². The highest BCUT2D eigenvalue weighted by atomic mass is 32.2. The SMILES string of the molecule is CCOC(=O)c1c(-c2ccccc2)csc1NC(=O)COC(=O)c1ccc(S(=O)(=O)C(F)F)cc1. The standard InChI is InChI=1S/C23H19F2NO7S2/c1-2-32-22(29)19-17(14-6-4-3-5-7-14)13-34-20(19)26-18(27)12-33-21(28)15-8-10-16(11-9-15)35(30,31)23(24)25/h3-11,13,23H,2,12H2,1H3,(H,26,27). The van der Waals surface area contributed by atoms with Gasteiger partial charge in [-0.1, -0.05) is 30.3 Å². The first-order valence-corrected chi connectivity index (χ1v) is 12.5. The Morgan fingerprint density at radius 1 is 0.971 bits per heavy atom. The number of rotatable bonds is 9. The predicted octanol–water partition coefficient (Wildman–Crippen LogP) is 4.38. The number of amides is 1. The molecule has 35 heavy (non-hydrogen) atoms. The molecule has 12 heteroatoms. The van der Waals surface area contributed by atoms with Crippen LogP contribution in [0.4, 0.5) is 13.8 Å². The van der Waals surface area contributed by atoms with Crippen LogP contribution >= 0.6 is 11.3 Å². The van der Waals surface area contributed by atoms with Crippen LogP contribution in [0, 0.1) is 0 Å². The highest BCUT2D eigenvalue weighted by Gasteiger charge is 2.27. The van der Waals surface area contributed by atoms with Crippen LogP contribution in [0.15, 0.2) is 64.9 Å². The quantitative estimate of drug-likeness (QED) is 0.414. The van der Waals surface area contributed by atoms with Crippen LogP contribution in [0.3, 0.4) is 0 Å². The number of sulfone groups is 1. The Hall–Kier alpha value is -3.64. The number of thiophene rings is 1. The minimum Gasteiger partial charge on any atom is -0.462 e. The Balaban J connectivity index is 1.69. The molecule has 0 bridgehead atoms. The summed E-state index contributed by atoms with van der Waals surface area (Å²) < 4.78 is 58.2. The molecule has 1 aromatic heterocycles. The van der Waals surface area contributed by atoms with Crippen molar-refractivity contribution in [2.24, 2.45) is 0 Å². The minimum atomic E-state index is -4.80. The van der Waals surface area contributed by atoms with Crippen molar-refractivity contribution in [2.75, 3.05) is 18.5 Å². The molecular weight excluding hydrogens is 504 g/mol. The lowest BCUT2D eigenvalue weighted by Gasteiger charge is -2.09. The van der Waals surface area contributed by atoms with Crippen LogP contribution in [0.2, 0.25) is 0 Å². The Labute approximate surface area is 203 Å². The maximum Gasteiger partial charge on any atom is 0.341 e. The molecule has 0 atom stereocenters. The molecule has 3 rings (SSSR count). The Morgan fingerprint density at radius 2 is 1.63 bits per heavy atom. The van der Waals surface area contributed by atoms with Gasteiger partial charge in [-0.3, -0.25) is 4.79 Å². The predicted molar refractivity (Wildman–Crippen MR) is 124 cm³/mol. The molecule has 1 heterocycles. The smallest absolute Gasteiger partial charge is 0.341 e. The molecule has 2 aromatic carbocycles. The number of ether oxygens (including phenoxy) is 2. The van der Waals surface area contributed by atoms with Gasteiger partial charge in [0, 0.05) is 10.9 Å². The van der Waals surface area contributed by atoms with Gasteiger partial charge >= 0.3 is 17.7 Å². The fourth-order valence-corrected chi connectivity index (χ4v) is 4.64. The number of hydrogen-bond acceptors (Lipinski definition) is 8. The zero-order chi connectivity index (χ0) is 25.6. The summed E-state index contributed by atoms with van der Waals surface area (Å²) in [6, 6.07) is 12.7. The lowest BCUT2D eigenvalue weighted by molar-refractivity contribution is -0.119. The molecule has 0 aliphatic carbocycles. The number of alkyl halides is 2. The van der Waals surface area contributed by atoms with Crippen LogP contribution in [-0.4, -0.2) is 45.2 Å². The van der Waals surface area contributed by atoms with Gasteiger partial charge in [0.2, 0.25) is 9.84 Å². The number of anilines is 1. The van der Waals surface area contributed by atoms with Gasteiger partial charge < -0.3 is 14.8 Å². The van der Waals surface area contributed by atoms with E-state index in [4.69, 9.17) is 9.47 Å². The van der Waals surface area contributed by atoms with Gasteiger partial charge in [0.15, 0.2) is 6.61 Å². The van der Waals surface area contributed by atoms with E-state index in [-0.39, 0.29) is 22.7 Å². The van der Waals surface area contributed by atoms with Crippen molar-refractivity contribution in [3.8, 4) is 11.1 Å². The van der Waals surface area contributed by atoms with Gasteiger partial charge in [0.25, 0.3) is 5.91 Å². The van der Waals surface area contributed by atoms with Crippen LogP contribution < -0.4 is 5.32 Å². The van der Waals surface area contributed by atoms with Gasteiger partial charge in [-0.2, -0.15) is 8.78 Å². The van der Waals surface area contributed by atoms with E-state index in [0.717, 1.165) is 41.2 Å². The fraction of sp³-hybridized carbons (Fsp3) is 0.174. The van der Waals surface area contributed by atoms with Crippen molar-refractivity contribution in [1.29, 1.82) is 0 Å². The van der Waals surface area contributed by atoms with Crippen LogP contribution in [0.1, 0.15) is 27.6 Å². The van der Waals surface area contributed by atoms with Crippen molar-refractivity contribution in [1.82, 2.24) is 0 Å². The summed E-state index contributed by atoms with van der Waals surface area (Å²) in [4.78, 5) is 36.5. The lowest BCUT2D eigenvalue weighted by atomic mass is 10.0. The maximum atomic E-state index is 12.6. The van der Waals surface area contributed by atoms with E-state index in [0.29, 0.717) is 5.56 Å². The zero-order valence-electron chi connectivity index (χ0n) is 18.2. The van der Waals surface area contributed by atoms with Crippen LogP contribution in [0.5, 0.6) is 0 Å². The fourth-order valence-electron chi connectivity index (χ4n) is 2.95. The monoisotopic (exact) mass is 523 g/mol. The average molecular weight is 524 g/mol. The highest BCUT2D eigenvalue weighted by molar-refractivity contribution is 7.91. The topological polar surface area (TPSA) is 116 Å². The van der Waals surface area contributed by atoms with Gasteiger partial charge in [-0.05, 0) is 36.8 Å². The van der Waals surface area contributed by atoms with Crippen molar-refractivity contribution < 1.29 is 41.1 Å². The number of benzene rings is 2. The molecule has 0 saturated heterocycles. The molecule has 8 nitrogen and oxygen atoms in total. The first-order chi connectivity index (χ1) is 16.6. The van der Waals surface area contributed by atoms with Crippen molar-refractivity contribution in [2.45, 2.75) is 17.6 Å². The van der Waals surface area contributed by atoms with Crippen molar-refractivity contribution >= 4 is 44.0 Å². The summed E-state index contributed by atoms with van der Waals surface area (Å²) in [5, 5.41) is 4.43. The Kier molecular flexibility index (Phi) is 8.30. The third-order valence-electron chi connectivity index (χ3n) is 4.60. The van der Waals surface area contributed by atoms with Gasteiger partial charge in [-0.25, -0.2) is 18.0 Å². The third-order valence-corrected chi connectivity index (χ3v) is 6.89. The van der Waals surface area contributed by atoms with E-state index in [1.807, 2.05) is 6.07 Å². The molecule has 184 valence electrons. The molecule has 3 aromatic rings. The summed E-state index contributed by atoms with van der Waals surface area (Å²) >= 11 is 1.10. The highest BCUT2D eigenvalue weighted by Crippen LogP contribution is 2.36. The average Bonchev–Trinajstić information content (AvgIpc) is 3.26. The number of nitrogens with one attached hydrogen (secondary N) is 1.